The summed E-state index contributed by atoms with van der Waals surface area (Å²) >= 11 is 1.29. The molecular weight excluding hydrogens is 418 g/mol. The SMILES string of the molecule is C=CCn1c(SC(C)C(=O)Nc2cc(C)on2)nnc1C(C)Oc1cccc(OC)c1. The molecule has 10 heteroatoms. The van der Waals surface area contributed by atoms with Gasteiger partial charge in [0.15, 0.2) is 22.9 Å². The first kappa shape index (κ1) is 22.4. The average Bonchev–Trinajstić information content (AvgIpc) is 3.34. The molecule has 31 heavy (non-hydrogen) atoms. The number of allylic oxidation sites excluding steroid dienone is 1. The first-order valence-electron chi connectivity index (χ1n) is 9.66. The predicted octanol–water partition coefficient (Wildman–Crippen LogP) is 4.03. The molecule has 0 aliphatic heterocycles. The maximum Gasteiger partial charge on any atom is 0.238 e. The number of carbonyl (C=O) groups is 1. The monoisotopic (exact) mass is 443 g/mol. The van der Waals surface area contributed by atoms with Gasteiger partial charge in [0, 0.05) is 18.7 Å². The molecule has 2 atom stereocenters. The number of aryl methyl sites for hydroxylation is 1. The van der Waals surface area contributed by atoms with Gasteiger partial charge in [-0.3, -0.25) is 9.36 Å². The second-order valence-electron chi connectivity index (χ2n) is 6.75. The van der Waals surface area contributed by atoms with Gasteiger partial charge in [0.1, 0.15) is 17.3 Å². The summed E-state index contributed by atoms with van der Waals surface area (Å²) < 4.78 is 18.1. The highest BCUT2D eigenvalue weighted by Gasteiger charge is 2.23. The molecular formula is C21H25N5O4S. The second-order valence-corrected chi connectivity index (χ2v) is 8.06. The Morgan fingerprint density at radius 2 is 2.10 bits per heavy atom. The van der Waals surface area contributed by atoms with Crippen LogP contribution in [0.3, 0.4) is 0 Å². The Balaban J connectivity index is 1.72. The summed E-state index contributed by atoms with van der Waals surface area (Å²) in [7, 11) is 1.61. The lowest BCUT2D eigenvalue weighted by Gasteiger charge is -2.17. The molecule has 0 fully saturated rings. The molecule has 3 rings (SSSR count). The van der Waals surface area contributed by atoms with E-state index in [4.69, 9.17) is 14.0 Å². The van der Waals surface area contributed by atoms with Crippen LogP contribution in [-0.4, -0.2) is 38.2 Å². The van der Waals surface area contributed by atoms with Crippen molar-refractivity contribution in [2.24, 2.45) is 0 Å². The first-order chi connectivity index (χ1) is 14.9. The van der Waals surface area contributed by atoms with Crippen LogP contribution in [0.1, 0.15) is 31.5 Å². The number of hydrogen-bond acceptors (Lipinski definition) is 8. The minimum atomic E-state index is -0.438. The fraction of sp³-hybridized carbons (Fsp3) is 0.333. The minimum absolute atomic E-state index is 0.214. The van der Waals surface area contributed by atoms with E-state index in [1.165, 1.54) is 11.8 Å². The van der Waals surface area contributed by atoms with Gasteiger partial charge in [0.2, 0.25) is 5.91 Å². The lowest BCUT2D eigenvalue weighted by Crippen LogP contribution is -2.23. The zero-order valence-corrected chi connectivity index (χ0v) is 18.7. The van der Waals surface area contributed by atoms with Crippen LogP contribution in [-0.2, 0) is 11.3 Å². The van der Waals surface area contributed by atoms with Gasteiger partial charge in [0.05, 0.1) is 12.4 Å². The van der Waals surface area contributed by atoms with Crippen LogP contribution in [0.25, 0.3) is 0 Å². The van der Waals surface area contributed by atoms with E-state index in [0.29, 0.717) is 40.6 Å². The van der Waals surface area contributed by atoms with Crippen molar-refractivity contribution in [1.82, 2.24) is 19.9 Å². The van der Waals surface area contributed by atoms with E-state index in [2.05, 4.69) is 27.2 Å². The first-order valence-corrected chi connectivity index (χ1v) is 10.5. The van der Waals surface area contributed by atoms with Gasteiger partial charge in [-0.05, 0) is 32.9 Å². The number of anilines is 1. The molecule has 1 aromatic carbocycles. The van der Waals surface area contributed by atoms with E-state index in [-0.39, 0.29) is 12.0 Å². The highest BCUT2D eigenvalue weighted by molar-refractivity contribution is 8.00. The van der Waals surface area contributed by atoms with Gasteiger partial charge in [0.25, 0.3) is 0 Å². The maximum atomic E-state index is 12.5. The van der Waals surface area contributed by atoms with Crippen LogP contribution in [0.4, 0.5) is 5.82 Å². The van der Waals surface area contributed by atoms with Crippen molar-refractivity contribution >= 4 is 23.5 Å². The summed E-state index contributed by atoms with van der Waals surface area (Å²) in [6, 6.07) is 9.01. The third kappa shape index (κ3) is 5.66. The van der Waals surface area contributed by atoms with E-state index in [1.54, 1.807) is 39.2 Å². The Kier molecular flexibility index (Phi) is 7.35. The molecule has 0 aliphatic rings. The van der Waals surface area contributed by atoms with Crippen LogP contribution in [0.5, 0.6) is 11.5 Å². The number of aromatic nitrogens is 4. The summed E-state index contributed by atoms with van der Waals surface area (Å²) in [6.45, 7) is 9.73. The van der Waals surface area contributed by atoms with Crippen LogP contribution in [0, 0.1) is 6.92 Å². The molecule has 2 unspecified atom stereocenters. The number of amides is 1. The standard InChI is InChI=1S/C21H25N5O4S/c1-6-10-26-19(14(3)29-17-9-7-8-16(12-17)28-5)23-24-21(26)31-15(4)20(27)22-18-11-13(2)30-25-18/h6-9,11-12,14-15H,1,10H2,2-5H3,(H,22,25,27). The number of nitrogens with zero attached hydrogens (tertiary/aromatic N) is 4. The van der Waals surface area contributed by atoms with E-state index in [1.807, 2.05) is 29.7 Å². The lowest BCUT2D eigenvalue weighted by atomic mass is 10.3. The third-order valence-corrected chi connectivity index (χ3v) is 5.39. The summed E-state index contributed by atoms with van der Waals surface area (Å²) in [6.07, 6.45) is 1.37. The molecule has 1 amide bonds. The zero-order valence-electron chi connectivity index (χ0n) is 17.9. The van der Waals surface area contributed by atoms with Crippen molar-refractivity contribution in [3.63, 3.8) is 0 Å². The largest absolute Gasteiger partial charge is 0.497 e. The van der Waals surface area contributed by atoms with Crippen LogP contribution >= 0.6 is 11.8 Å². The number of ether oxygens (including phenoxy) is 2. The third-order valence-electron chi connectivity index (χ3n) is 4.31. The Morgan fingerprint density at radius 1 is 1.32 bits per heavy atom. The Morgan fingerprint density at radius 3 is 2.77 bits per heavy atom. The van der Waals surface area contributed by atoms with Crippen molar-refractivity contribution in [3.8, 4) is 11.5 Å². The Hall–Kier alpha value is -3.27. The van der Waals surface area contributed by atoms with Gasteiger partial charge in [-0.15, -0.1) is 16.8 Å². The van der Waals surface area contributed by atoms with Gasteiger partial charge in [-0.2, -0.15) is 0 Å². The maximum absolute atomic E-state index is 12.5. The van der Waals surface area contributed by atoms with Crippen molar-refractivity contribution in [1.29, 1.82) is 0 Å². The zero-order chi connectivity index (χ0) is 22.4. The summed E-state index contributed by atoms with van der Waals surface area (Å²) in [5.41, 5.74) is 0. The fourth-order valence-electron chi connectivity index (χ4n) is 2.78. The van der Waals surface area contributed by atoms with Crippen molar-refractivity contribution < 1.29 is 18.8 Å². The molecule has 9 nitrogen and oxygen atoms in total. The normalized spacial score (nSPS) is 12.8. The molecule has 0 bridgehead atoms. The topological polar surface area (TPSA) is 104 Å². The van der Waals surface area contributed by atoms with E-state index >= 15 is 0 Å². The molecule has 2 aromatic heterocycles. The highest BCUT2D eigenvalue weighted by Crippen LogP contribution is 2.28. The summed E-state index contributed by atoms with van der Waals surface area (Å²) in [4.78, 5) is 12.5. The van der Waals surface area contributed by atoms with E-state index in [9.17, 15) is 4.79 Å². The molecule has 0 radical (unpaired) electrons. The minimum Gasteiger partial charge on any atom is -0.497 e. The predicted molar refractivity (Wildman–Crippen MR) is 117 cm³/mol. The van der Waals surface area contributed by atoms with Gasteiger partial charge < -0.3 is 19.3 Å². The van der Waals surface area contributed by atoms with E-state index < -0.39 is 5.25 Å². The molecule has 0 spiro atoms. The average molecular weight is 444 g/mol. The van der Waals surface area contributed by atoms with Crippen molar-refractivity contribution in [2.75, 3.05) is 12.4 Å². The number of carbonyl (C=O) groups excluding carboxylic acids is 1. The lowest BCUT2D eigenvalue weighted by molar-refractivity contribution is -0.115. The number of benzene rings is 1. The molecule has 0 aliphatic carbocycles. The van der Waals surface area contributed by atoms with Gasteiger partial charge in [-0.1, -0.05) is 29.1 Å². The highest BCUT2D eigenvalue weighted by atomic mass is 32.2. The smallest absolute Gasteiger partial charge is 0.238 e. The fourth-order valence-corrected chi connectivity index (χ4v) is 3.65. The van der Waals surface area contributed by atoms with E-state index in [0.717, 1.165) is 0 Å². The van der Waals surface area contributed by atoms with Crippen LogP contribution in [0.2, 0.25) is 0 Å². The van der Waals surface area contributed by atoms with Crippen LogP contribution < -0.4 is 14.8 Å². The quantitative estimate of drug-likeness (QED) is 0.370. The molecule has 0 saturated carbocycles. The summed E-state index contributed by atoms with van der Waals surface area (Å²) in [5, 5.41) is 15.2. The number of nitrogens with one attached hydrogen (secondary N) is 1. The molecule has 1 N–H and O–H groups in total. The van der Waals surface area contributed by atoms with Gasteiger partial charge >= 0.3 is 0 Å². The van der Waals surface area contributed by atoms with Gasteiger partial charge in [-0.25, -0.2) is 0 Å². The van der Waals surface area contributed by atoms with Crippen molar-refractivity contribution in [3.05, 3.63) is 54.6 Å². The number of methoxy groups -OCH3 is 1. The summed E-state index contributed by atoms with van der Waals surface area (Å²) in [5.74, 6) is 2.78. The number of thioether (sulfide) groups is 1. The Bertz CT molecular complexity index is 1050. The molecule has 0 saturated heterocycles. The number of hydrogen-bond donors (Lipinski definition) is 1. The van der Waals surface area contributed by atoms with Crippen molar-refractivity contribution in [2.45, 2.75) is 43.8 Å². The molecule has 164 valence electrons. The second kappa shape index (κ2) is 10.2. The Labute approximate surface area is 184 Å². The molecule has 3 aromatic rings. The molecule has 2 heterocycles. The number of rotatable bonds is 10. The van der Waals surface area contributed by atoms with Crippen LogP contribution in [0.15, 0.2) is 52.7 Å².